The lowest BCUT2D eigenvalue weighted by Gasteiger charge is -2.25. The molecular formula is C22H42O8. The third-order valence-corrected chi connectivity index (χ3v) is 4.60. The van der Waals surface area contributed by atoms with Crippen LogP contribution in [0.15, 0.2) is 0 Å². The van der Waals surface area contributed by atoms with Crippen LogP contribution in [0.1, 0.15) is 79.1 Å². The van der Waals surface area contributed by atoms with Gasteiger partial charge in [0.2, 0.25) is 0 Å². The average Bonchev–Trinajstić information content (AvgIpc) is 2.72. The largest absolute Gasteiger partial charge is 0.466 e. The minimum absolute atomic E-state index is 0.00671. The van der Waals surface area contributed by atoms with Crippen molar-refractivity contribution in [2.24, 2.45) is 11.8 Å². The lowest BCUT2D eigenvalue weighted by Crippen LogP contribution is -2.30. The van der Waals surface area contributed by atoms with Gasteiger partial charge in [0.15, 0.2) is 0 Å². The molecule has 0 rings (SSSR count). The standard InChI is InChI=1S/C22H42O8/c1-5-25-21(23)16-12-10-9-11-14-19(18-30-28-8-4)20(22(24)26-6-2)15-13-17-29-27-7-3/h19-20H,5-18H2,1-4H3. The molecule has 0 heterocycles. The van der Waals surface area contributed by atoms with Crippen molar-refractivity contribution >= 4 is 11.9 Å². The van der Waals surface area contributed by atoms with Crippen molar-refractivity contribution in [1.82, 2.24) is 0 Å². The van der Waals surface area contributed by atoms with Gasteiger partial charge in [-0.1, -0.05) is 19.3 Å². The predicted octanol–water partition coefficient (Wildman–Crippen LogP) is 4.40. The third-order valence-electron chi connectivity index (χ3n) is 4.60. The highest BCUT2D eigenvalue weighted by Gasteiger charge is 2.29. The van der Waals surface area contributed by atoms with Crippen LogP contribution in [-0.2, 0) is 38.6 Å². The van der Waals surface area contributed by atoms with Gasteiger partial charge in [-0.25, -0.2) is 19.6 Å². The fraction of sp³-hybridized carbons (Fsp3) is 0.909. The summed E-state index contributed by atoms with van der Waals surface area (Å²) < 4.78 is 10.2. The van der Waals surface area contributed by atoms with Gasteiger partial charge in [-0.05, 0) is 59.3 Å². The predicted molar refractivity (Wildman–Crippen MR) is 112 cm³/mol. The fourth-order valence-electron chi connectivity index (χ4n) is 3.18. The first-order chi connectivity index (χ1) is 14.6. The van der Waals surface area contributed by atoms with Crippen molar-refractivity contribution in [3.05, 3.63) is 0 Å². The summed E-state index contributed by atoms with van der Waals surface area (Å²) in [7, 11) is 0. The van der Waals surface area contributed by atoms with Crippen LogP contribution in [0, 0.1) is 11.8 Å². The van der Waals surface area contributed by atoms with Crippen LogP contribution in [0.25, 0.3) is 0 Å². The van der Waals surface area contributed by atoms with Gasteiger partial charge < -0.3 is 9.47 Å². The maximum atomic E-state index is 12.6. The average molecular weight is 435 g/mol. The Morgan fingerprint density at radius 2 is 1.33 bits per heavy atom. The number of unbranched alkanes of at least 4 members (excludes halogenated alkanes) is 3. The number of hydrogen-bond acceptors (Lipinski definition) is 8. The molecule has 8 heteroatoms. The molecule has 0 N–H and O–H groups in total. The van der Waals surface area contributed by atoms with E-state index in [9.17, 15) is 9.59 Å². The summed E-state index contributed by atoms with van der Waals surface area (Å²) in [5.41, 5.74) is 0. The maximum absolute atomic E-state index is 12.6. The summed E-state index contributed by atoms with van der Waals surface area (Å²) in [6, 6.07) is 0. The molecule has 8 nitrogen and oxygen atoms in total. The summed E-state index contributed by atoms with van der Waals surface area (Å²) in [6.45, 7) is 9.80. The third kappa shape index (κ3) is 15.6. The number of esters is 2. The van der Waals surface area contributed by atoms with Gasteiger partial charge in [0.25, 0.3) is 0 Å². The first kappa shape index (κ1) is 28.8. The zero-order valence-electron chi connectivity index (χ0n) is 19.3. The van der Waals surface area contributed by atoms with E-state index in [1.165, 1.54) is 0 Å². The van der Waals surface area contributed by atoms with Crippen molar-refractivity contribution in [2.45, 2.75) is 79.1 Å². The molecule has 0 aliphatic heterocycles. The Hall–Kier alpha value is -1.22. The molecule has 2 atom stereocenters. The Bertz CT molecular complexity index is 416. The Kier molecular flexibility index (Phi) is 20.2. The Morgan fingerprint density at radius 3 is 2.00 bits per heavy atom. The van der Waals surface area contributed by atoms with E-state index in [4.69, 9.17) is 29.0 Å². The second-order valence-corrected chi connectivity index (χ2v) is 6.94. The number of carbonyl (C=O) groups is 2. The molecule has 0 amide bonds. The maximum Gasteiger partial charge on any atom is 0.309 e. The molecule has 0 aromatic heterocycles. The first-order valence-corrected chi connectivity index (χ1v) is 11.4. The SMILES string of the molecule is CCOOCCCC(C(=O)OCC)C(CCCCCCC(=O)OCC)COOCC. The van der Waals surface area contributed by atoms with E-state index in [1.54, 1.807) is 0 Å². The van der Waals surface area contributed by atoms with Crippen molar-refractivity contribution in [1.29, 1.82) is 0 Å². The number of carbonyl (C=O) groups excluding carboxylic acids is 2. The molecule has 0 aliphatic rings. The van der Waals surface area contributed by atoms with E-state index in [1.807, 2.05) is 27.7 Å². The Balaban J connectivity index is 4.60. The fourth-order valence-corrected chi connectivity index (χ4v) is 3.18. The summed E-state index contributed by atoms with van der Waals surface area (Å²) in [5, 5.41) is 0. The molecule has 0 fully saturated rings. The summed E-state index contributed by atoms with van der Waals surface area (Å²) in [5.74, 6) is -0.638. The smallest absolute Gasteiger partial charge is 0.309 e. The molecule has 0 radical (unpaired) electrons. The van der Waals surface area contributed by atoms with Crippen LogP contribution in [-0.4, -0.2) is 51.6 Å². The second kappa shape index (κ2) is 21.0. The number of rotatable bonds is 21. The molecule has 2 unspecified atom stereocenters. The molecule has 0 spiro atoms. The molecule has 0 saturated heterocycles. The van der Waals surface area contributed by atoms with Crippen LogP contribution >= 0.6 is 0 Å². The van der Waals surface area contributed by atoms with E-state index in [-0.39, 0.29) is 23.8 Å². The highest BCUT2D eigenvalue weighted by Crippen LogP contribution is 2.26. The summed E-state index contributed by atoms with van der Waals surface area (Å²) in [6.07, 6.45) is 6.28. The van der Waals surface area contributed by atoms with Crippen molar-refractivity contribution < 1.29 is 38.6 Å². The quantitative estimate of drug-likeness (QED) is 0.114. The van der Waals surface area contributed by atoms with Gasteiger partial charge >= 0.3 is 11.9 Å². The van der Waals surface area contributed by atoms with E-state index in [0.717, 1.165) is 32.1 Å². The van der Waals surface area contributed by atoms with Crippen LogP contribution < -0.4 is 0 Å². The monoisotopic (exact) mass is 434 g/mol. The normalized spacial score (nSPS) is 13.1. The molecule has 30 heavy (non-hydrogen) atoms. The van der Waals surface area contributed by atoms with Crippen LogP contribution in [0.2, 0.25) is 0 Å². The van der Waals surface area contributed by atoms with Crippen LogP contribution in [0.4, 0.5) is 0 Å². The highest BCUT2D eigenvalue weighted by molar-refractivity contribution is 5.72. The van der Waals surface area contributed by atoms with Crippen LogP contribution in [0.5, 0.6) is 0 Å². The van der Waals surface area contributed by atoms with E-state index < -0.39 is 0 Å². The molecule has 0 aromatic carbocycles. The zero-order chi connectivity index (χ0) is 22.5. The summed E-state index contributed by atoms with van der Waals surface area (Å²) in [4.78, 5) is 44.3. The molecule has 0 aromatic rings. The molecule has 178 valence electrons. The lowest BCUT2D eigenvalue weighted by atomic mass is 9.85. The van der Waals surface area contributed by atoms with Gasteiger partial charge in [0, 0.05) is 6.42 Å². The van der Waals surface area contributed by atoms with Crippen LogP contribution in [0.3, 0.4) is 0 Å². The lowest BCUT2D eigenvalue weighted by molar-refractivity contribution is -0.301. The topological polar surface area (TPSA) is 89.5 Å². The van der Waals surface area contributed by atoms with Gasteiger partial charge in [-0.3, -0.25) is 9.59 Å². The van der Waals surface area contributed by atoms with Gasteiger partial charge in [-0.2, -0.15) is 0 Å². The number of ether oxygens (including phenoxy) is 2. The second-order valence-electron chi connectivity index (χ2n) is 6.94. The molecular weight excluding hydrogens is 392 g/mol. The van der Waals surface area contributed by atoms with Gasteiger partial charge in [-0.15, -0.1) is 0 Å². The van der Waals surface area contributed by atoms with Gasteiger partial charge in [0.05, 0.1) is 45.6 Å². The van der Waals surface area contributed by atoms with Crippen molar-refractivity contribution in [2.75, 3.05) is 39.6 Å². The highest BCUT2D eigenvalue weighted by atomic mass is 17.2. The molecule has 0 aliphatic carbocycles. The van der Waals surface area contributed by atoms with Crippen molar-refractivity contribution in [3.8, 4) is 0 Å². The van der Waals surface area contributed by atoms with Gasteiger partial charge in [0.1, 0.15) is 0 Å². The first-order valence-electron chi connectivity index (χ1n) is 11.4. The number of hydrogen-bond donors (Lipinski definition) is 0. The Labute approximate surface area is 181 Å². The minimum Gasteiger partial charge on any atom is -0.466 e. The summed E-state index contributed by atoms with van der Waals surface area (Å²) >= 11 is 0. The Morgan fingerprint density at radius 1 is 0.667 bits per heavy atom. The van der Waals surface area contributed by atoms with E-state index >= 15 is 0 Å². The van der Waals surface area contributed by atoms with Crippen molar-refractivity contribution in [3.63, 3.8) is 0 Å². The zero-order valence-corrected chi connectivity index (χ0v) is 19.3. The molecule has 0 saturated carbocycles. The molecule has 0 bridgehead atoms. The van der Waals surface area contributed by atoms with E-state index in [2.05, 4.69) is 0 Å². The van der Waals surface area contributed by atoms with E-state index in [0.29, 0.717) is 58.9 Å². The minimum atomic E-state index is -0.282.